The summed E-state index contributed by atoms with van der Waals surface area (Å²) in [5.41, 5.74) is 7.33. The maximum Gasteiger partial charge on any atom is 0.141 e. The Labute approximate surface area is 98.0 Å². The van der Waals surface area contributed by atoms with Crippen LogP contribution in [0.25, 0.3) is 0 Å². The van der Waals surface area contributed by atoms with Gasteiger partial charge in [-0.15, -0.1) is 0 Å². The number of pyridine rings is 1. The molecule has 1 heterocycles. The van der Waals surface area contributed by atoms with E-state index >= 15 is 0 Å². The Kier molecular flexibility index (Phi) is 4.35. The Hall–Kier alpha value is -0.810. The van der Waals surface area contributed by atoms with Crippen molar-refractivity contribution in [2.75, 3.05) is 17.7 Å². The molecule has 0 fully saturated rings. The second-order valence-electron chi connectivity index (χ2n) is 3.43. The molecular formula is C10H16BrN3O. The minimum absolute atomic E-state index is 0.0248. The lowest BCUT2D eigenvalue weighted by atomic mass is 10.2. The van der Waals surface area contributed by atoms with Crippen LogP contribution < -0.4 is 11.1 Å². The summed E-state index contributed by atoms with van der Waals surface area (Å²) in [4.78, 5) is 4.18. The predicted octanol–water partition coefficient (Wildman–Crippen LogP) is 1.92. The van der Waals surface area contributed by atoms with Gasteiger partial charge in [-0.1, -0.05) is 6.92 Å². The fraction of sp³-hybridized carbons (Fsp3) is 0.500. The zero-order valence-electron chi connectivity index (χ0n) is 8.92. The van der Waals surface area contributed by atoms with Gasteiger partial charge < -0.3 is 16.2 Å². The molecule has 5 heteroatoms. The second kappa shape index (κ2) is 5.32. The number of aromatic nitrogens is 1. The van der Waals surface area contributed by atoms with E-state index in [-0.39, 0.29) is 12.6 Å². The summed E-state index contributed by atoms with van der Waals surface area (Å²) in [6, 6.07) is 0.0248. The molecule has 0 aliphatic heterocycles. The van der Waals surface area contributed by atoms with Crippen molar-refractivity contribution in [1.29, 1.82) is 0 Å². The molecule has 0 saturated carbocycles. The molecule has 0 radical (unpaired) electrons. The van der Waals surface area contributed by atoms with Crippen LogP contribution in [0.4, 0.5) is 11.5 Å². The summed E-state index contributed by atoms with van der Waals surface area (Å²) in [7, 11) is 0. The highest BCUT2D eigenvalue weighted by Gasteiger charge is 2.10. The number of rotatable bonds is 4. The third-order valence-electron chi connectivity index (χ3n) is 2.36. The molecule has 4 N–H and O–H groups in total. The third kappa shape index (κ3) is 2.82. The zero-order chi connectivity index (χ0) is 11.4. The molecule has 1 rings (SSSR count). The summed E-state index contributed by atoms with van der Waals surface area (Å²) in [5, 5.41) is 12.2. The van der Waals surface area contributed by atoms with E-state index in [2.05, 4.69) is 26.2 Å². The number of nitrogen functional groups attached to an aromatic ring is 1. The van der Waals surface area contributed by atoms with E-state index in [1.54, 1.807) is 6.20 Å². The lowest BCUT2D eigenvalue weighted by Crippen LogP contribution is -2.23. The lowest BCUT2D eigenvalue weighted by Gasteiger charge is -2.17. The molecular weight excluding hydrogens is 258 g/mol. The van der Waals surface area contributed by atoms with Gasteiger partial charge in [0.05, 0.1) is 29.0 Å². The van der Waals surface area contributed by atoms with Crippen LogP contribution in [0.15, 0.2) is 10.7 Å². The molecule has 15 heavy (non-hydrogen) atoms. The van der Waals surface area contributed by atoms with E-state index in [0.717, 1.165) is 22.3 Å². The molecule has 0 aliphatic carbocycles. The van der Waals surface area contributed by atoms with Crippen LogP contribution in [0, 0.1) is 6.92 Å². The van der Waals surface area contributed by atoms with Crippen molar-refractivity contribution < 1.29 is 5.11 Å². The number of aliphatic hydroxyl groups is 1. The molecule has 0 amide bonds. The van der Waals surface area contributed by atoms with Gasteiger partial charge in [0.2, 0.25) is 0 Å². The standard InChI is InChI=1S/C10H16BrN3O/c1-3-7(5-15)14-10-9(11)6(2)8(12)4-13-10/h4,7,15H,3,5,12H2,1-2H3,(H,13,14). The number of nitrogens with one attached hydrogen (secondary N) is 1. The first-order valence-corrected chi connectivity index (χ1v) is 5.67. The number of hydrogen-bond acceptors (Lipinski definition) is 4. The predicted molar refractivity (Wildman–Crippen MR) is 65.9 cm³/mol. The first-order chi connectivity index (χ1) is 7.10. The first kappa shape index (κ1) is 12.3. The van der Waals surface area contributed by atoms with Crippen molar-refractivity contribution in [3.63, 3.8) is 0 Å². The summed E-state index contributed by atoms with van der Waals surface area (Å²) in [5.74, 6) is 0.725. The summed E-state index contributed by atoms with van der Waals surface area (Å²) < 4.78 is 0.856. The summed E-state index contributed by atoms with van der Waals surface area (Å²) in [6.45, 7) is 4.02. The number of hydrogen-bond donors (Lipinski definition) is 3. The molecule has 1 unspecified atom stereocenters. The monoisotopic (exact) mass is 273 g/mol. The molecule has 0 aliphatic rings. The van der Waals surface area contributed by atoms with E-state index < -0.39 is 0 Å². The van der Waals surface area contributed by atoms with Crippen molar-refractivity contribution in [3.8, 4) is 0 Å². The van der Waals surface area contributed by atoms with E-state index in [4.69, 9.17) is 10.8 Å². The third-order valence-corrected chi connectivity index (χ3v) is 3.33. The lowest BCUT2D eigenvalue weighted by molar-refractivity contribution is 0.271. The summed E-state index contributed by atoms with van der Waals surface area (Å²) >= 11 is 3.43. The van der Waals surface area contributed by atoms with Crippen LogP contribution in [-0.2, 0) is 0 Å². The van der Waals surface area contributed by atoms with Crippen molar-refractivity contribution in [3.05, 3.63) is 16.2 Å². The smallest absolute Gasteiger partial charge is 0.141 e. The molecule has 0 spiro atoms. The van der Waals surface area contributed by atoms with Crippen molar-refractivity contribution >= 4 is 27.4 Å². The molecule has 0 bridgehead atoms. The van der Waals surface area contributed by atoms with Crippen LogP contribution in [0.1, 0.15) is 18.9 Å². The minimum atomic E-state index is 0.0248. The number of nitrogens with zero attached hydrogens (tertiary/aromatic N) is 1. The number of halogens is 1. The number of aliphatic hydroxyl groups excluding tert-OH is 1. The molecule has 0 saturated heterocycles. The van der Waals surface area contributed by atoms with E-state index in [1.807, 2.05) is 13.8 Å². The van der Waals surface area contributed by atoms with Gasteiger partial charge in [0.25, 0.3) is 0 Å². The highest BCUT2D eigenvalue weighted by atomic mass is 79.9. The Morgan fingerprint density at radius 2 is 2.33 bits per heavy atom. The molecule has 1 aromatic heterocycles. The highest BCUT2D eigenvalue weighted by molar-refractivity contribution is 9.10. The Bertz CT molecular complexity index is 340. The van der Waals surface area contributed by atoms with Crippen molar-refractivity contribution in [2.24, 2.45) is 0 Å². The second-order valence-corrected chi connectivity index (χ2v) is 4.23. The summed E-state index contributed by atoms with van der Waals surface area (Å²) in [6.07, 6.45) is 2.46. The molecule has 4 nitrogen and oxygen atoms in total. The fourth-order valence-corrected chi connectivity index (χ4v) is 1.61. The van der Waals surface area contributed by atoms with E-state index in [0.29, 0.717) is 5.69 Å². The van der Waals surface area contributed by atoms with E-state index in [1.165, 1.54) is 0 Å². The van der Waals surface area contributed by atoms with Crippen LogP contribution >= 0.6 is 15.9 Å². The molecule has 1 atom stereocenters. The van der Waals surface area contributed by atoms with Crippen LogP contribution in [-0.4, -0.2) is 22.7 Å². The van der Waals surface area contributed by atoms with Crippen LogP contribution in [0.2, 0.25) is 0 Å². The van der Waals surface area contributed by atoms with Gasteiger partial charge in [-0.25, -0.2) is 4.98 Å². The minimum Gasteiger partial charge on any atom is -0.397 e. The average molecular weight is 274 g/mol. The maximum atomic E-state index is 9.07. The van der Waals surface area contributed by atoms with Crippen LogP contribution in [0.3, 0.4) is 0 Å². The first-order valence-electron chi connectivity index (χ1n) is 4.88. The maximum absolute atomic E-state index is 9.07. The normalized spacial score (nSPS) is 12.5. The Morgan fingerprint density at radius 1 is 1.67 bits per heavy atom. The fourth-order valence-electron chi connectivity index (χ4n) is 1.16. The highest BCUT2D eigenvalue weighted by Crippen LogP contribution is 2.28. The van der Waals surface area contributed by atoms with Gasteiger partial charge >= 0.3 is 0 Å². The zero-order valence-corrected chi connectivity index (χ0v) is 10.5. The topological polar surface area (TPSA) is 71.2 Å². The van der Waals surface area contributed by atoms with Gasteiger partial charge in [-0.3, -0.25) is 0 Å². The van der Waals surface area contributed by atoms with Gasteiger partial charge in [-0.2, -0.15) is 0 Å². The van der Waals surface area contributed by atoms with Gasteiger partial charge in [-0.05, 0) is 34.8 Å². The largest absolute Gasteiger partial charge is 0.397 e. The molecule has 0 aromatic carbocycles. The van der Waals surface area contributed by atoms with E-state index in [9.17, 15) is 0 Å². The average Bonchev–Trinajstić information content (AvgIpc) is 2.25. The van der Waals surface area contributed by atoms with Crippen molar-refractivity contribution in [1.82, 2.24) is 4.98 Å². The van der Waals surface area contributed by atoms with Gasteiger partial charge in [0, 0.05) is 0 Å². The van der Waals surface area contributed by atoms with Crippen molar-refractivity contribution in [2.45, 2.75) is 26.3 Å². The quantitative estimate of drug-likeness (QED) is 0.784. The Morgan fingerprint density at radius 3 is 2.87 bits per heavy atom. The molecule has 1 aromatic rings. The molecule has 84 valence electrons. The van der Waals surface area contributed by atoms with Gasteiger partial charge in [0.1, 0.15) is 5.82 Å². The van der Waals surface area contributed by atoms with Crippen LogP contribution in [0.5, 0.6) is 0 Å². The number of anilines is 2. The number of nitrogens with two attached hydrogens (primary N) is 1. The Balaban J connectivity index is 2.91. The SMILES string of the molecule is CCC(CO)Nc1ncc(N)c(C)c1Br. The van der Waals surface area contributed by atoms with Gasteiger partial charge in [0.15, 0.2) is 0 Å².